The van der Waals surface area contributed by atoms with Gasteiger partial charge in [-0.3, -0.25) is 4.79 Å². The Hall–Kier alpha value is -0.570. The summed E-state index contributed by atoms with van der Waals surface area (Å²) in [5.41, 5.74) is 5.71. The van der Waals surface area contributed by atoms with E-state index in [-0.39, 0.29) is 18.0 Å². The summed E-state index contributed by atoms with van der Waals surface area (Å²) >= 11 is 0. The molecular weight excluding hydrogens is 214 g/mol. The lowest BCUT2D eigenvalue weighted by molar-refractivity contribution is -0.157. The molecule has 2 fully saturated rings. The Morgan fingerprint density at radius 3 is 2.71 bits per heavy atom. The van der Waals surface area contributed by atoms with Crippen LogP contribution in [0.3, 0.4) is 0 Å². The fraction of sp³-hybridized carbons (Fsp3) is 0.929. The van der Waals surface area contributed by atoms with Gasteiger partial charge in [0.25, 0.3) is 0 Å². The maximum absolute atomic E-state index is 12.1. The van der Waals surface area contributed by atoms with Crippen LogP contribution in [0.2, 0.25) is 0 Å². The van der Waals surface area contributed by atoms with Crippen LogP contribution in [0, 0.1) is 17.8 Å². The first-order valence-corrected chi connectivity index (χ1v) is 7.11. The molecule has 0 radical (unpaired) electrons. The van der Waals surface area contributed by atoms with Gasteiger partial charge in [-0.05, 0) is 50.5 Å². The first kappa shape index (κ1) is 12.9. The third-order valence-corrected chi connectivity index (χ3v) is 4.44. The molecular formula is C14H25NO2. The third-order valence-electron chi connectivity index (χ3n) is 4.44. The number of hydrogen-bond acceptors (Lipinski definition) is 3. The van der Waals surface area contributed by atoms with E-state index in [1.54, 1.807) is 0 Å². The van der Waals surface area contributed by atoms with Crippen LogP contribution in [0.1, 0.15) is 51.9 Å². The number of carbonyl (C=O) groups is 1. The van der Waals surface area contributed by atoms with Crippen molar-refractivity contribution in [3.8, 4) is 0 Å². The van der Waals surface area contributed by atoms with E-state index in [2.05, 4.69) is 6.92 Å². The SMILES string of the molecule is CC1CCCC(OC(=O)C2CCCC2CN)C1. The van der Waals surface area contributed by atoms with Crippen molar-refractivity contribution in [1.82, 2.24) is 0 Å². The topological polar surface area (TPSA) is 52.3 Å². The molecule has 3 nitrogen and oxygen atoms in total. The van der Waals surface area contributed by atoms with E-state index >= 15 is 0 Å². The van der Waals surface area contributed by atoms with E-state index in [0.717, 1.165) is 32.1 Å². The van der Waals surface area contributed by atoms with E-state index in [1.807, 2.05) is 0 Å². The molecule has 2 saturated carbocycles. The number of ether oxygens (including phenoxy) is 1. The van der Waals surface area contributed by atoms with Crippen LogP contribution in [0.5, 0.6) is 0 Å². The van der Waals surface area contributed by atoms with E-state index in [4.69, 9.17) is 10.5 Å². The predicted molar refractivity (Wildman–Crippen MR) is 67.4 cm³/mol. The third kappa shape index (κ3) is 3.21. The maximum atomic E-state index is 12.1. The summed E-state index contributed by atoms with van der Waals surface area (Å²) in [5.74, 6) is 1.17. The Kier molecular flexibility index (Phi) is 4.43. The standard InChI is InChI=1S/C14H25NO2/c1-10-4-2-6-12(8-10)17-14(16)13-7-3-5-11(13)9-15/h10-13H,2-9,15H2,1H3. The molecule has 0 amide bonds. The molecule has 0 aromatic rings. The van der Waals surface area contributed by atoms with Gasteiger partial charge in [0.1, 0.15) is 6.10 Å². The molecule has 2 aliphatic rings. The Morgan fingerprint density at radius 2 is 2.00 bits per heavy atom. The van der Waals surface area contributed by atoms with Crippen LogP contribution in [0.4, 0.5) is 0 Å². The number of esters is 1. The van der Waals surface area contributed by atoms with E-state index < -0.39 is 0 Å². The molecule has 0 saturated heterocycles. The zero-order valence-corrected chi connectivity index (χ0v) is 10.9. The van der Waals surface area contributed by atoms with Gasteiger partial charge in [0.05, 0.1) is 5.92 Å². The number of nitrogens with two attached hydrogens (primary N) is 1. The molecule has 3 heteroatoms. The van der Waals surface area contributed by atoms with Crippen LogP contribution >= 0.6 is 0 Å². The van der Waals surface area contributed by atoms with E-state index in [0.29, 0.717) is 18.4 Å². The molecule has 17 heavy (non-hydrogen) atoms. The second-order valence-corrected chi connectivity index (χ2v) is 5.86. The Morgan fingerprint density at radius 1 is 1.24 bits per heavy atom. The summed E-state index contributed by atoms with van der Waals surface area (Å²) in [6.45, 7) is 2.87. The van der Waals surface area contributed by atoms with E-state index in [1.165, 1.54) is 12.8 Å². The Labute approximate surface area is 104 Å². The average Bonchev–Trinajstić information content (AvgIpc) is 2.77. The summed E-state index contributed by atoms with van der Waals surface area (Å²) in [7, 11) is 0. The molecule has 4 atom stereocenters. The van der Waals surface area contributed by atoms with Crippen LogP contribution < -0.4 is 5.73 Å². The number of carbonyl (C=O) groups excluding carboxylic acids is 1. The van der Waals surface area contributed by atoms with Gasteiger partial charge in [0.2, 0.25) is 0 Å². The first-order valence-electron chi connectivity index (χ1n) is 7.11. The highest BCUT2D eigenvalue weighted by Gasteiger charge is 2.34. The molecule has 98 valence electrons. The second-order valence-electron chi connectivity index (χ2n) is 5.86. The number of rotatable bonds is 3. The Balaban J connectivity index is 1.83. The molecule has 2 N–H and O–H groups in total. The van der Waals surface area contributed by atoms with Crippen molar-refractivity contribution in [1.29, 1.82) is 0 Å². The molecule has 2 rings (SSSR count). The highest BCUT2D eigenvalue weighted by atomic mass is 16.5. The molecule has 0 aromatic carbocycles. The lowest BCUT2D eigenvalue weighted by atomic mass is 9.88. The minimum Gasteiger partial charge on any atom is -0.462 e. The molecule has 0 spiro atoms. The van der Waals surface area contributed by atoms with Gasteiger partial charge in [-0.15, -0.1) is 0 Å². The van der Waals surface area contributed by atoms with Crippen molar-refractivity contribution in [2.24, 2.45) is 23.5 Å². The van der Waals surface area contributed by atoms with Gasteiger partial charge in [-0.1, -0.05) is 19.8 Å². The minimum absolute atomic E-state index is 0.0250. The lowest BCUT2D eigenvalue weighted by Gasteiger charge is -2.28. The lowest BCUT2D eigenvalue weighted by Crippen LogP contribution is -2.31. The fourth-order valence-corrected chi connectivity index (χ4v) is 3.37. The van der Waals surface area contributed by atoms with Crippen molar-refractivity contribution in [3.05, 3.63) is 0 Å². The van der Waals surface area contributed by atoms with Crippen molar-refractivity contribution in [2.45, 2.75) is 58.0 Å². The summed E-state index contributed by atoms with van der Waals surface area (Å²) in [6.07, 6.45) is 7.95. The van der Waals surface area contributed by atoms with Gasteiger partial charge in [-0.25, -0.2) is 0 Å². The quantitative estimate of drug-likeness (QED) is 0.770. The largest absolute Gasteiger partial charge is 0.462 e. The molecule has 0 heterocycles. The van der Waals surface area contributed by atoms with Crippen molar-refractivity contribution in [3.63, 3.8) is 0 Å². The number of hydrogen-bond donors (Lipinski definition) is 1. The zero-order chi connectivity index (χ0) is 12.3. The second kappa shape index (κ2) is 5.85. The zero-order valence-electron chi connectivity index (χ0n) is 10.9. The minimum atomic E-state index is 0.0250. The average molecular weight is 239 g/mol. The van der Waals surface area contributed by atoms with Gasteiger partial charge in [-0.2, -0.15) is 0 Å². The molecule has 0 bridgehead atoms. The molecule has 4 unspecified atom stereocenters. The van der Waals surface area contributed by atoms with Gasteiger partial charge in [0.15, 0.2) is 0 Å². The Bertz CT molecular complexity index is 267. The van der Waals surface area contributed by atoms with Crippen LogP contribution in [-0.2, 0) is 9.53 Å². The highest BCUT2D eigenvalue weighted by Crippen LogP contribution is 2.33. The van der Waals surface area contributed by atoms with Gasteiger partial charge >= 0.3 is 5.97 Å². The van der Waals surface area contributed by atoms with Crippen molar-refractivity contribution in [2.75, 3.05) is 6.54 Å². The fourth-order valence-electron chi connectivity index (χ4n) is 3.37. The van der Waals surface area contributed by atoms with Crippen molar-refractivity contribution < 1.29 is 9.53 Å². The summed E-state index contributed by atoms with van der Waals surface area (Å²) in [4.78, 5) is 12.1. The van der Waals surface area contributed by atoms with Crippen LogP contribution in [0.25, 0.3) is 0 Å². The predicted octanol–water partition coefficient (Wildman–Crippen LogP) is 2.48. The van der Waals surface area contributed by atoms with E-state index in [9.17, 15) is 4.79 Å². The molecule has 0 aliphatic heterocycles. The normalized spacial score (nSPS) is 38.0. The van der Waals surface area contributed by atoms with Gasteiger partial charge in [0, 0.05) is 0 Å². The summed E-state index contributed by atoms with van der Waals surface area (Å²) in [6, 6.07) is 0. The smallest absolute Gasteiger partial charge is 0.309 e. The van der Waals surface area contributed by atoms with Gasteiger partial charge < -0.3 is 10.5 Å². The highest BCUT2D eigenvalue weighted by molar-refractivity contribution is 5.73. The first-order chi connectivity index (χ1) is 8.20. The maximum Gasteiger partial charge on any atom is 0.309 e. The van der Waals surface area contributed by atoms with Crippen LogP contribution in [0.15, 0.2) is 0 Å². The summed E-state index contributed by atoms with van der Waals surface area (Å²) in [5, 5.41) is 0. The van der Waals surface area contributed by atoms with Crippen molar-refractivity contribution >= 4 is 5.97 Å². The molecule has 0 aromatic heterocycles. The van der Waals surface area contributed by atoms with Crippen LogP contribution in [-0.4, -0.2) is 18.6 Å². The monoisotopic (exact) mass is 239 g/mol. The molecule has 2 aliphatic carbocycles. The summed E-state index contributed by atoms with van der Waals surface area (Å²) < 4.78 is 5.68.